The van der Waals surface area contributed by atoms with Crippen LogP contribution in [0.15, 0.2) is 66.7 Å². The van der Waals surface area contributed by atoms with E-state index in [0.29, 0.717) is 11.1 Å². The topological polar surface area (TPSA) is 160 Å². The van der Waals surface area contributed by atoms with Crippen LogP contribution in [0.3, 0.4) is 0 Å². The van der Waals surface area contributed by atoms with Crippen molar-refractivity contribution in [2.75, 3.05) is 0 Å². The summed E-state index contributed by atoms with van der Waals surface area (Å²) >= 11 is 0. The van der Waals surface area contributed by atoms with E-state index in [9.17, 15) is 9.90 Å². The van der Waals surface area contributed by atoms with Gasteiger partial charge in [-0.1, -0.05) is 48.5 Å². The maximum absolute atomic E-state index is 9.83. The number of ketones is 1. The van der Waals surface area contributed by atoms with Gasteiger partial charge in [0.2, 0.25) is 0 Å². The van der Waals surface area contributed by atoms with E-state index in [0.717, 1.165) is 0 Å². The van der Waals surface area contributed by atoms with E-state index in [-0.39, 0.29) is 69.8 Å². The first kappa shape index (κ1) is 29.7. The molecule has 0 unspecified atom stereocenters. The van der Waals surface area contributed by atoms with Crippen molar-refractivity contribution >= 4 is 23.5 Å². The molecule has 1 radical (unpaired) electrons. The molecule has 0 bridgehead atoms. The van der Waals surface area contributed by atoms with Crippen molar-refractivity contribution in [3.63, 3.8) is 0 Å². The molecule has 0 aliphatic carbocycles. The molecule has 0 atom stereocenters. The summed E-state index contributed by atoms with van der Waals surface area (Å²) in [5, 5.41) is 21.9. The molecule has 2 aromatic rings. The normalized spacial score (nSPS) is 8.89. The number of allylic oxidation sites excluding steroid dienone is 1. The van der Waals surface area contributed by atoms with Crippen LogP contribution in [0.5, 0.6) is 0 Å². The third-order valence-electron chi connectivity index (χ3n) is 2.41. The Morgan fingerprint density at radius 2 is 1.07 bits per heavy atom. The predicted octanol–water partition coefficient (Wildman–Crippen LogP) is 1.47. The molecular weight excluding hydrogens is 484 g/mol. The van der Waals surface area contributed by atoms with Gasteiger partial charge in [-0.15, -0.1) is 0 Å². The average Bonchev–Trinajstić information content (AvgIpc) is 2.55. The van der Waals surface area contributed by atoms with Crippen LogP contribution in [0.4, 0.5) is 0 Å². The minimum atomic E-state index is -0.333. The fourth-order valence-electron chi connectivity index (χ4n) is 1.51. The molecule has 8 heteroatoms. The van der Waals surface area contributed by atoms with Crippen molar-refractivity contribution in [1.29, 1.82) is 0 Å². The maximum atomic E-state index is 9.83. The number of rotatable bonds is 3. The Kier molecular flexibility index (Phi) is 19.0. The SMILES string of the molecule is CC(=[OH+])[OH2+].CC(=[OH+])[OH2+].O/C(=C\C(=[OH+])c1ccccc1)c1ccccc1.[Nd+3].[OH-]. The van der Waals surface area contributed by atoms with Gasteiger partial charge in [-0.3, -0.25) is 4.79 Å². The molecule has 0 saturated carbocycles. The molecule has 7 nitrogen and oxygen atoms in total. The number of carbonyl (C=O) groups excluding carboxylic acids is 3. The van der Waals surface area contributed by atoms with Crippen LogP contribution in [0.1, 0.15) is 25.0 Å². The molecule has 0 saturated heterocycles. The molecule has 0 amide bonds. The van der Waals surface area contributed by atoms with Gasteiger partial charge in [0.25, 0.3) is 0 Å². The zero-order chi connectivity index (χ0) is 19.2. The van der Waals surface area contributed by atoms with E-state index in [1.807, 2.05) is 36.4 Å². The maximum Gasteiger partial charge on any atom is 3.00 e. The van der Waals surface area contributed by atoms with Gasteiger partial charge >= 0.3 is 58.6 Å². The summed E-state index contributed by atoms with van der Waals surface area (Å²) in [6, 6.07) is 18.2. The van der Waals surface area contributed by atoms with Gasteiger partial charge in [0.1, 0.15) is 19.6 Å². The van der Waals surface area contributed by atoms with Gasteiger partial charge in [0.15, 0.2) is 0 Å². The van der Waals surface area contributed by atoms with Gasteiger partial charge in [0, 0.05) is 5.56 Å². The van der Waals surface area contributed by atoms with Crippen LogP contribution in [0.25, 0.3) is 5.76 Å². The first-order chi connectivity index (χ1) is 11.7. The van der Waals surface area contributed by atoms with Crippen molar-refractivity contribution in [3.05, 3.63) is 77.9 Å². The average molecular weight is 511 g/mol. The summed E-state index contributed by atoms with van der Waals surface area (Å²) in [5.74, 6) is -0.570. The smallest absolute Gasteiger partial charge is 0.870 e. The number of benzene rings is 2. The number of hydrogen-bond donors (Lipinski definition) is 1. The fourth-order valence-corrected chi connectivity index (χ4v) is 1.51. The Balaban J connectivity index is -0.000000495. The quantitative estimate of drug-likeness (QED) is 0.287. The second-order valence-corrected chi connectivity index (χ2v) is 4.82. The zero-order valence-electron chi connectivity index (χ0n) is 15.1. The van der Waals surface area contributed by atoms with Crippen LogP contribution >= 0.6 is 0 Å². The third-order valence-corrected chi connectivity index (χ3v) is 2.41. The summed E-state index contributed by atoms with van der Waals surface area (Å²) in [6.45, 7) is 2.61. The molecule has 141 valence electrons. The molecule has 0 aliphatic rings. The van der Waals surface area contributed by atoms with Gasteiger partial charge in [-0.25, -0.2) is 9.59 Å². The van der Waals surface area contributed by atoms with Crippen LogP contribution in [0.2, 0.25) is 0 Å². The van der Waals surface area contributed by atoms with E-state index in [2.05, 4.69) is 0 Å². The summed E-state index contributed by atoms with van der Waals surface area (Å²) in [7, 11) is 0. The molecule has 0 aliphatic heterocycles. The number of aliphatic hydroxyl groups excluding tert-OH is 1. The Morgan fingerprint density at radius 3 is 1.41 bits per heavy atom. The number of aliphatic hydroxyl groups is 1. The molecule has 0 aromatic heterocycles. The van der Waals surface area contributed by atoms with E-state index >= 15 is 0 Å². The molecule has 2 aromatic carbocycles. The van der Waals surface area contributed by atoms with E-state index in [1.165, 1.54) is 19.9 Å². The van der Waals surface area contributed by atoms with Gasteiger partial charge in [-0.05, 0) is 12.1 Å². The van der Waals surface area contributed by atoms with E-state index in [4.69, 9.17) is 19.8 Å². The van der Waals surface area contributed by atoms with Gasteiger partial charge < -0.3 is 20.8 Å². The second-order valence-electron chi connectivity index (χ2n) is 4.82. The first-order valence-corrected chi connectivity index (χ1v) is 7.29. The molecule has 2 rings (SSSR count). The van der Waals surface area contributed by atoms with Crippen molar-refractivity contribution in [2.45, 2.75) is 13.8 Å². The van der Waals surface area contributed by atoms with Crippen LogP contribution < -0.4 is 0 Å². The largest absolute Gasteiger partial charge is 3.00 e. The Labute approximate surface area is 190 Å². The summed E-state index contributed by atoms with van der Waals surface area (Å²) in [4.78, 5) is 25.1. The zero-order valence-corrected chi connectivity index (χ0v) is 18.3. The van der Waals surface area contributed by atoms with Crippen molar-refractivity contribution in [2.24, 2.45) is 0 Å². The molecule has 27 heavy (non-hydrogen) atoms. The second kappa shape index (κ2) is 17.3. The Bertz CT molecular complexity index is 693. The van der Waals surface area contributed by atoms with Crippen LogP contribution in [-0.2, 0) is 0 Å². The minimum Gasteiger partial charge on any atom is -0.870 e. The van der Waals surface area contributed by atoms with Gasteiger partial charge in [-0.2, -0.15) is 0 Å². The first-order valence-electron chi connectivity index (χ1n) is 7.29. The predicted molar refractivity (Wildman–Crippen MR) is 104 cm³/mol. The molecular formula is C19H26NdO7+7. The third kappa shape index (κ3) is 17.1. The fraction of sp³-hybridized carbons (Fsp3) is 0.105. The summed E-state index contributed by atoms with van der Waals surface area (Å²) < 4.78 is 0. The molecule has 9 N–H and O–H groups in total. The monoisotopic (exact) mass is 508 g/mol. The van der Waals surface area contributed by atoms with E-state index < -0.39 is 0 Å². The van der Waals surface area contributed by atoms with Crippen molar-refractivity contribution in [3.8, 4) is 0 Å². The van der Waals surface area contributed by atoms with Crippen LogP contribution in [-0.4, -0.2) is 52.9 Å². The summed E-state index contributed by atoms with van der Waals surface area (Å²) in [5.41, 5.74) is 1.35. The standard InChI is InChI=1S/C15H12O2.2C2H4O2.Nd.H2O/c16-14(12-7-3-1-4-8-12)11-15(17)13-9-5-2-6-10-13;2*1-2(3)4;;/h1-11,16H;2*1H3,(H,3,4);;1H2/q;;;+3;/p+4/b14-11-;;;;. The molecule has 0 heterocycles. The molecule has 0 fully saturated rings. The minimum absolute atomic E-state index is 0. The number of hydrogen-bond acceptors (Lipinski definition) is 2. The van der Waals surface area contributed by atoms with Crippen molar-refractivity contribution < 1.29 is 76.0 Å². The van der Waals surface area contributed by atoms with Crippen molar-refractivity contribution in [1.82, 2.24) is 0 Å². The van der Waals surface area contributed by atoms with E-state index in [1.54, 1.807) is 24.3 Å². The summed E-state index contributed by atoms with van der Waals surface area (Å²) in [6.07, 6.45) is 1.35. The Morgan fingerprint density at radius 1 is 0.778 bits per heavy atom. The Hall–Kier alpha value is -2.10. The van der Waals surface area contributed by atoms with Crippen LogP contribution in [0, 0.1) is 40.8 Å². The van der Waals surface area contributed by atoms with Gasteiger partial charge in [0.05, 0.1) is 11.6 Å². The molecule has 0 spiro atoms.